The Morgan fingerprint density at radius 3 is 2.11 bits per heavy atom. The van der Waals surface area contributed by atoms with Crippen LogP contribution in [0.15, 0.2) is 64.8 Å². The molecule has 2 aromatic rings. The Labute approximate surface area is 175 Å². The minimum Gasteiger partial charge on any atom is -0.337 e. The molecule has 4 nitrogen and oxygen atoms in total. The largest absolute Gasteiger partial charge is 0.337 e. The van der Waals surface area contributed by atoms with E-state index in [9.17, 15) is 9.59 Å². The summed E-state index contributed by atoms with van der Waals surface area (Å²) in [5, 5.41) is 2.83. The number of nitrogens with one attached hydrogen (secondary N) is 1. The number of halogens is 2. The predicted molar refractivity (Wildman–Crippen MR) is 114 cm³/mol. The Hall–Kier alpha value is -1.92. The maximum atomic E-state index is 13.2. The summed E-state index contributed by atoms with van der Waals surface area (Å²) in [6, 6.07) is 16.5. The third kappa shape index (κ3) is 5.08. The minimum absolute atomic E-state index is 0.159. The van der Waals surface area contributed by atoms with Gasteiger partial charge in [-0.15, -0.1) is 0 Å². The Morgan fingerprint density at radius 1 is 0.852 bits per heavy atom. The van der Waals surface area contributed by atoms with Crippen molar-refractivity contribution in [3.05, 3.63) is 75.9 Å². The second kappa shape index (κ2) is 9.33. The van der Waals surface area contributed by atoms with Gasteiger partial charge in [0.1, 0.15) is 5.70 Å². The summed E-state index contributed by atoms with van der Waals surface area (Å²) in [6.45, 7) is 1.42. The number of carbonyl (C=O) groups excluding carboxylic acids is 2. The van der Waals surface area contributed by atoms with Gasteiger partial charge in [-0.1, -0.05) is 46.3 Å². The molecule has 2 amide bonds. The van der Waals surface area contributed by atoms with Crippen LogP contribution in [0.1, 0.15) is 35.2 Å². The van der Waals surface area contributed by atoms with Crippen LogP contribution >= 0.6 is 31.9 Å². The highest BCUT2D eigenvalue weighted by Crippen LogP contribution is 2.27. The van der Waals surface area contributed by atoms with E-state index < -0.39 is 0 Å². The molecule has 0 aliphatic carbocycles. The van der Waals surface area contributed by atoms with Crippen molar-refractivity contribution in [2.75, 3.05) is 13.1 Å². The Morgan fingerprint density at radius 2 is 1.48 bits per heavy atom. The Balaban J connectivity index is 1.94. The maximum absolute atomic E-state index is 13.2. The van der Waals surface area contributed by atoms with Crippen LogP contribution < -0.4 is 5.32 Å². The summed E-state index contributed by atoms with van der Waals surface area (Å²) in [5.41, 5.74) is 1.61. The van der Waals surface area contributed by atoms with Crippen molar-refractivity contribution in [1.29, 1.82) is 0 Å². The van der Waals surface area contributed by atoms with Crippen LogP contribution in [0.5, 0.6) is 0 Å². The van der Waals surface area contributed by atoms with Crippen molar-refractivity contribution in [3.8, 4) is 0 Å². The first-order valence-corrected chi connectivity index (χ1v) is 10.5. The fraction of sp³-hybridized carbons (Fsp3) is 0.238. The smallest absolute Gasteiger partial charge is 0.271 e. The predicted octanol–water partition coefficient (Wildman–Crippen LogP) is 4.96. The molecule has 1 saturated heterocycles. The number of nitrogens with zero attached hydrogens (tertiary/aromatic N) is 1. The zero-order chi connectivity index (χ0) is 19.2. The molecular weight excluding hydrogens is 472 g/mol. The lowest BCUT2D eigenvalue weighted by molar-refractivity contribution is -0.128. The van der Waals surface area contributed by atoms with Gasteiger partial charge in [-0.05, 0) is 65.0 Å². The highest BCUT2D eigenvalue weighted by Gasteiger charge is 2.25. The van der Waals surface area contributed by atoms with Gasteiger partial charge >= 0.3 is 0 Å². The highest BCUT2D eigenvalue weighted by molar-refractivity contribution is 9.15. The minimum atomic E-state index is -0.301. The molecule has 1 heterocycles. The van der Waals surface area contributed by atoms with Crippen molar-refractivity contribution in [1.82, 2.24) is 10.2 Å². The van der Waals surface area contributed by atoms with E-state index in [1.165, 1.54) is 0 Å². The van der Waals surface area contributed by atoms with Crippen LogP contribution in [0.2, 0.25) is 0 Å². The first kappa shape index (κ1) is 19.8. The van der Waals surface area contributed by atoms with E-state index in [0.717, 1.165) is 29.3 Å². The number of rotatable bonds is 4. The molecule has 0 bridgehead atoms. The molecule has 0 spiro atoms. The van der Waals surface area contributed by atoms with Gasteiger partial charge in [-0.25, -0.2) is 0 Å². The average Bonchev–Trinajstić information content (AvgIpc) is 2.72. The average molecular weight is 492 g/mol. The van der Waals surface area contributed by atoms with Crippen molar-refractivity contribution >= 4 is 48.2 Å². The van der Waals surface area contributed by atoms with Crippen molar-refractivity contribution in [2.45, 2.75) is 19.3 Å². The first-order valence-electron chi connectivity index (χ1n) is 8.87. The molecular formula is C21H20Br2N2O2. The van der Waals surface area contributed by atoms with Gasteiger partial charge in [0, 0.05) is 23.1 Å². The molecule has 140 valence electrons. The molecule has 0 atom stereocenters. The molecule has 1 N–H and O–H groups in total. The van der Waals surface area contributed by atoms with E-state index in [1.807, 2.05) is 35.2 Å². The van der Waals surface area contributed by atoms with Crippen LogP contribution in [-0.2, 0) is 4.79 Å². The number of hydrogen-bond acceptors (Lipinski definition) is 2. The standard InChI is InChI=1S/C21H20Br2N2O2/c22-17-11-9-15(10-12-17)18(23)19(21(27)25-13-5-2-6-14-25)24-20(26)16-7-3-1-4-8-16/h1,3-4,7-12H,2,5-6,13-14H2,(H,24,26)/b19-18-. The molecule has 1 aliphatic heterocycles. The van der Waals surface area contributed by atoms with Gasteiger partial charge in [-0.3, -0.25) is 9.59 Å². The molecule has 1 aliphatic rings. The van der Waals surface area contributed by atoms with Crippen LogP contribution in [0.3, 0.4) is 0 Å². The van der Waals surface area contributed by atoms with E-state index in [4.69, 9.17) is 0 Å². The molecule has 0 radical (unpaired) electrons. The van der Waals surface area contributed by atoms with Gasteiger partial charge in [-0.2, -0.15) is 0 Å². The number of hydrogen-bond donors (Lipinski definition) is 1. The van der Waals surface area contributed by atoms with Crippen LogP contribution in [0, 0.1) is 0 Å². The summed E-state index contributed by atoms with van der Waals surface area (Å²) in [7, 11) is 0. The molecule has 6 heteroatoms. The molecule has 0 unspecified atom stereocenters. The fourth-order valence-electron chi connectivity index (χ4n) is 2.97. The van der Waals surface area contributed by atoms with E-state index in [0.29, 0.717) is 23.1 Å². The normalized spacial score (nSPS) is 15.1. The molecule has 0 saturated carbocycles. The molecule has 3 rings (SSSR count). The van der Waals surface area contributed by atoms with E-state index in [2.05, 4.69) is 37.2 Å². The summed E-state index contributed by atoms with van der Waals surface area (Å²) < 4.78 is 1.53. The zero-order valence-corrected chi connectivity index (χ0v) is 17.9. The number of piperidine rings is 1. The van der Waals surface area contributed by atoms with Crippen LogP contribution in [0.4, 0.5) is 0 Å². The zero-order valence-electron chi connectivity index (χ0n) is 14.8. The van der Waals surface area contributed by atoms with E-state index in [-0.39, 0.29) is 17.5 Å². The number of likely N-dealkylation sites (tertiary alicyclic amines) is 1. The summed E-state index contributed by atoms with van der Waals surface area (Å²) >= 11 is 6.97. The lowest BCUT2D eigenvalue weighted by Gasteiger charge is -2.28. The van der Waals surface area contributed by atoms with E-state index in [1.54, 1.807) is 24.3 Å². The number of benzene rings is 2. The molecule has 1 fully saturated rings. The third-order valence-electron chi connectivity index (χ3n) is 4.45. The highest BCUT2D eigenvalue weighted by atomic mass is 79.9. The number of amides is 2. The summed E-state index contributed by atoms with van der Waals surface area (Å²) in [5.74, 6) is -0.459. The maximum Gasteiger partial charge on any atom is 0.271 e. The molecule has 0 aromatic heterocycles. The lowest BCUT2D eigenvalue weighted by atomic mass is 10.1. The monoisotopic (exact) mass is 490 g/mol. The van der Waals surface area contributed by atoms with Crippen LogP contribution in [-0.4, -0.2) is 29.8 Å². The van der Waals surface area contributed by atoms with Gasteiger partial charge in [0.25, 0.3) is 11.8 Å². The molecule has 27 heavy (non-hydrogen) atoms. The lowest BCUT2D eigenvalue weighted by Crippen LogP contribution is -2.41. The summed E-state index contributed by atoms with van der Waals surface area (Å²) in [4.78, 5) is 27.7. The van der Waals surface area contributed by atoms with Crippen molar-refractivity contribution in [2.24, 2.45) is 0 Å². The van der Waals surface area contributed by atoms with Gasteiger partial charge in [0.15, 0.2) is 0 Å². The topological polar surface area (TPSA) is 49.4 Å². The van der Waals surface area contributed by atoms with Crippen molar-refractivity contribution in [3.63, 3.8) is 0 Å². The Kier molecular flexibility index (Phi) is 6.85. The fourth-order valence-corrected chi connectivity index (χ4v) is 3.77. The van der Waals surface area contributed by atoms with Gasteiger partial charge < -0.3 is 10.2 Å². The van der Waals surface area contributed by atoms with Gasteiger partial charge in [0.2, 0.25) is 0 Å². The third-order valence-corrected chi connectivity index (χ3v) is 5.83. The molecule has 2 aromatic carbocycles. The summed E-state index contributed by atoms with van der Waals surface area (Å²) in [6.07, 6.45) is 3.11. The van der Waals surface area contributed by atoms with Crippen molar-refractivity contribution < 1.29 is 9.59 Å². The van der Waals surface area contributed by atoms with E-state index >= 15 is 0 Å². The Bertz CT molecular complexity index is 842. The van der Waals surface area contributed by atoms with Crippen LogP contribution in [0.25, 0.3) is 4.48 Å². The quantitative estimate of drug-likeness (QED) is 0.615. The number of carbonyl (C=O) groups is 2. The SMILES string of the molecule is O=C(N/C(C(=O)N1CCCCC1)=C(\Br)c1ccc(Br)cc1)c1ccccc1. The second-order valence-corrected chi connectivity index (χ2v) is 8.08. The first-order chi connectivity index (χ1) is 13.1. The second-order valence-electron chi connectivity index (χ2n) is 6.37. The van der Waals surface area contributed by atoms with Gasteiger partial charge in [0.05, 0.1) is 4.48 Å².